The highest BCUT2D eigenvalue weighted by molar-refractivity contribution is 5.82. The number of hydrogen-bond donors (Lipinski definition) is 0. The van der Waals surface area contributed by atoms with Crippen LogP contribution in [0.3, 0.4) is 0 Å². The lowest BCUT2D eigenvalue weighted by molar-refractivity contribution is -0.182. The Kier molecular flexibility index (Phi) is 5.16. The molecule has 2 fully saturated rings. The molecule has 0 bridgehead atoms. The summed E-state index contributed by atoms with van der Waals surface area (Å²) in [4.78, 5) is 11.1. The molecule has 1 saturated heterocycles. The second kappa shape index (κ2) is 6.87. The van der Waals surface area contributed by atoms with E-state index in [1.165, 1.54) is 25.3 Å². The van der Waals surface area contributed by atoms with Crippen LogP contribution in [0, 0.1) is 0 Å². The third-order valence-electron chi connectivity index (χ3n) is 3.45. The summed E-state index contributed by atoms with van der Waals surface area (Å²) in [6.45, 7) is 2.79. The molecule has 0 amide bonds. The van der Waals surface area contributed by atoms with Crippen LogP contribution in [-0.4, -0.2) is 31.1 Å². The Morgan fingerprint density at radius 2 is 2.11 bits per heavy atom. The number of carbonyl (C=O) groups excluding carboxylic acids is 1. The molecule has 106 valence electrons. The van der Waals surface area contributed by atoms with Gasteiger partial charge in [-0.3, -0.25) is 0 Å². The smallest absolute Gasteiger partial charge is 0.330 e. The fourth-order valence-corrected chi connectivity index (χ4v) is 2.54. The minimum atomic E-state index is -0.335. The van der Waals surface area contributed by atoms with E-state index in [1.54, 1.807) is 13.0 Å². The Hall–Kier alpha value is -1.13. The fraction of sp³-hybridized carbons (Fsp3) is 0.667. The van der Waals surface area contributed by atoms with E-state index in [1.807, 2.05) is 12.2 Å². The number of ether oxygens (including phenoxy) is 3. The first-order valence-electron chi connectivity index (χ1n) is 7.07. The van der Waals surface area contributed by atoms with Crippen molar-refractivity contribution in [2.75, 3.05) is 13.2 Å². The first kappa shape index (κ1) is 14.3. The highest BCUT2D eigenvalue weighted by Gasteiger charge is 2.41. The molecule has 4 nitrogen and oxygen atoms in total. The molecule has 0 unspecified atom stereocenters. The van der Waals surface area contributed by atoms with Gasteiger partial charge in [0.1, 0.15) is 6.10 Å². The number of esters is 1. The molecule has 0 aromatic rings. The van der Waals surface area contributed by atoms with E-state index in [-0.39, 0.29) is 17.9 Å². The molecule has 1 aliphatic carbocycles. The van der Waals surface area contributed by atoms with E-state index in [0.717, 1.165) is 12.8 Å². The minimum Gasteiger partial charge on any atom is -0.463 e. The summed E-state index contributed by atoms with van der Waals surface area (Å²) in [5, 5.41) is 0. The van der Waals surface area contributed by atoms with Gasteiger partial charge in [0, 0.05) is 18.9 Å². The molecule has 0 N–H and O–H groups in total. The number of rotatable bonds is 4. The van der Waals surface area contributed by atoms with Crippen molar-refractivity contribution in [3.05, 3.63) is 24.3 Å². The van der Waals surface area contributed by atoms with E-state index in [9.17, 15) is 4.79 Å². The van der Waals surface area contributed by atoms with E-state index in [0.29, 0.717) is 13.2 Å². The number of allylic oxidation sites excluding steroid dienone is 2. The Bertz CT molecular complexity index is 353. The zero-order chi connectivity index (χ0) is 13.6. The Balaban J connectivity index is 1.76. The monoisotopic (exact) mass is 266 g/mol. The van der Waals surface area contributed by atoms with Crippen molar-refractivity contribution in [2.24, 2.45) is 0 Å². The first-order chi connectivity index (χ1) is 9.24. The Morgan fingerprint density at radius 1 is 1.32 bits per heavy atom. The van der Waals surface area contributed by atoms with Crippen LogP contribution in [0.25, 0.3) is 0 Å². The van der Waals surface area contributed by atoms with Gasteiger partial charge in [-0.2, -0.15) is 0 Å². The maximum absolute atomic E-state index is 11.1. The summed E-state index contributed by atoms with van der Waals surface area (Å²) in [6, 6.07) is 0. The van der Waals surface area contributed by atoms with Crippen LogP contribution in [0.15, 0.2) is 24.3 Å². The largest absolute Gasteiger partial charge is 0.463 e. The van der Waals surface area contributed by atoms with Crippen molar-refractivity contribution >= 4 is 5.97 Å². The fourth-order valence-electron chi connectivity index (χ4n) is 2.54. The van der Waals surface area contributed by atoms with Crippen molar-refractivity contribution < 1.29 is 19.0 Å². The lowest BCUT2D eigenvalue weighted by Gasteiger charge is -2.31. The van der Waals surface area contributed by atoms with Crippen molar-refractivity contribution in [3.63, 3.8) is 0 Å². The SMILES string of the molecule is CCOC(=O)/C=C\C=C\[C@H]1COC2(CCCCC2)O1. The quantitative estimate of drug-likeness (QED) is 0.446. The predicted molar refractivity (Wildman–Crippen MR) is 71.6 cm³/mol. The molecule has 0 aromatic carbocycles. The highest BCUT2D eigenvalue weighted by Crippen LogP contribution is 2.37. The molecule has 1 spiro atoms. The van der Waals surface area contributed by atoms with Gasteiger partial charge in [0.15, 0.2) is 5.79 Å². The van der Waals surface area contributed by atoms with Gasteiger partial charge in [-0.15, -0.1) is 0 Å². The van der Waals surface area contributed by atoms with Crippen molar-refractivity contribution in [3.8, 4) is 0 Å². The normalized spacial score (nSPS) is 26.5. The van der Waals surface area contributed by atoms with E-state index >= 15 is 0 Å². The topological polar surface area (TPSA) is 44.8 Å². The van der Waals surface area contributed by atoms with Crippen molar-refractivity contribution in [1.82, 2.24) is 0 Å². The van der Waals surface area contributed by atoms with Gasteiger partial charge in [0.25, 0.3) is 0 Å². The average Bonchev–Trinajstić information content (AvgIpc) is 2.79. The van der Waals surface area contributed by atoms with Gasteiger partial charge in [-0.05, 0) is 19.8 Å². The molecule has 1 heterocycles. The van der Waals surface area contributed by atoms with Crippen LogP contribution in [0.2, 0.25) is 0 Å². The van der Waals surface area contributed by atoms with Crippen LogP contribution < -0.4 is 0 Å². The number of hydrogen-bond acceptors (Lipinski definition) is 4. The van der Waals surface area contributed by atoms with Crippen LogP contribution in [0.1, 0.15) is 39.0 Å². The molecule has 1 atom stereocenters. The molecule has 4 heteroatoms. The second-order valence-electron chi connectivity index (χ2n) is 4.93. The molecule has 2 rings (SSSR count). The molecular weight excluding hydrogens is 244 g/mol. The van der Waals surface area contributed by atoms with E-state index < -0.39 is 0 Å². The van der Waals surface area contributed by atoms with Crippen molar-refractivity contribution in [1.29, 1.82) is 0 Å². The van der Waals surface area contributed by atoms with Crippen LogP contribution in [-0.2, 0) is 19.0 Å². The summed E-state index contributed by atoms with van der Waals surface area (Å²) in [5.41, 5.74) is 0. The minimum absolute atomic E-state index is 0.00931. The van der Waals surface area contributed by atoms with E-state index in [2.05, 4.69) is 0 Å². The summed E-state index contributed by atoms with van der Waals surface area (Å²) < 4.78 is 16.6. The first-order valence-corrected chi connectivity index (χ1v) is 7.07. The number of carbonyl (C=O) groups is 1. The summed E-state index contributed by atoms with van der Waals surface area (Å²) in [6.07, 6.45) is 12.4. The molecule has 0 radical (unpaired) electrons. The van der Waals surface area contributed by atoms with E-state index in [4.69, 9.17) is 14.2 Å². The van der Waals surface area contributed by atoms with Crippen LogP contribution in [0.5, 0.6) is 0 Å². The summed E-state index contributed by atoms with van der Waals surface area (Å²) >= 11 is 0. The maximum Gasteiger partial charge on any atom is 0.330 e. The lowest BCUT2D eigenvalue weighted by atomic mass is 9.94. The molecule has 1 saturated carbocycles. The van der Waals surface area contributed by atoms with Gasteiger partial charge >= 0.3 is 5.97 Å². The van der Waals surface area contributed by atoms with Gasteiger partial charge in [0.2, 0.25) is 0 Å². The zero-order valence-electron chi connectivity index (χ0n) is 11.5. The van der Waals surface area contributed by atoms with Crippen LogP contribution in [0.4, 0.5) is 0 Å². The second-order valence-corrected chi connectivity index (χ2v) is 4.93. The summed E-state index contributed by atoms with van der Waals surface area (Å²) in [7, 11) is 0. The van der Waals surface area contributed by atoms with Crippen molar-refractivity contribution in [2.45, 2.75) is 50.9 Å². The highest BCUT2D eigenvalue weighted by atomic mass is 16.7. The molecule has 0 aromatic heterocycles. The lowest BCUT2D eigenvalue weighted by Crippen LogP contribution is -2.33. The molecular formula is C15H22O4. The molecule has 2 aliphatic rings. The standard InChI is InChI=1S/C15H22O4/c1-2-17-14(16)9-5-4-8-13-12-18-15(19-13)10-6-3-7-11-15/h4-5,8-9,13H,2-3,6-7,10-12H2,1H3/b8-4+,9-5-/t13-/m0/s1. The molecule has 1 aliphatic heterocycles. The molecule has 19 heavy (non-hydrogen) atoms. The third-order valence-corrected chi connectivity index (χ3v) is 3.45. The van der Waals surface area contributed by atoms with Gasteiger partial charge in [-0.1, -0.05) is 24.6 Å². The average molecular weight is 266 g/mol. The van der Waals surface area contributed by atoms with Gasteiger partial charge in [0.05, 0.1) is 13.2 Å². The zero-order valence-corrected chi connectivity index (χ0v) is 11.5. The Morgan fingerprint density at radius 3 is 2.84 bits per heavy atom. The van der Waals surface area contributed by atoms with Gasteiger partial charge < -0.3 is 14.2 Å². The predicted octanol–water partition coefficient (Wildman–Crippen LogP) is 2.74. The summed E-state index contributed by atoms with van der Waals surface area (Å²) in [5.74, 6) is -0.655. The van der Waals surface area contributed by atoms with Crippen LogP contribution >= 0.6 is 0 Å². The maximum atomic E-state index is 11.1. The third kappa shape index (κ3) is 4.18. The van der Waals surface area contributed by atoms with Gasteiger partial charge in [-0.25, -0.2) is 4.79 Å². The Labute approximate surface area is 114 Å².